The van der Waals surface area contributed by atoms with Crippen LogP contribution in [0, 0.1) is 5.92 Å². The number of rotatable bonds is 9. The molecule has 3 rings (SSSR count). The van der Waals surface area contributed by atoms with Crippen LogP contribution in [0.1, 0.15) is 79.0 Å². The summed E-state index contributed by atoms with van der Waals surface area (Å²) >= 11 is 1.76. The number of carbonyl (C=O) groups is 1. The van der Waals surface area contributed by atoms with Gasteiger partial charge >= 0.3 is 0 Å². The minimum Gasteiger partial charge on any atom is -0.343 e. The van der Waals surface area contributed by atoms with Gasteiger partial charge in [0.15, 0.2) is 0 Å². The Bertz CT molecular complexity index is 1070. The molecule has 3 aromatic heterocycles. The van der Waals surface area contributed by atoms with E-state index in [2.05, 4.69) is 38.7 Å². The maximum atomic E-state index is 12.4. The molecule has 0 fully saturated rings. The highest BCUT2D eigenvalue weighted by atomic mass is 32.1. The number of nitrogens with zero attached hydrogens (tertiary/aromatic N) is 3. The van der Waals surface area contributed by atoms with Gasteiger partial charge in [0.1, 0.15) is 0 Å². The number of aromatic nitrogens is 2. The van der Waals surface area contributed by atoms with Gasteiger partial charge in [-0.05, 0) is 48.9 Å². The Labute approximate surface area is 216 Å². The van der Waals surface area contributed by atoms with Gasteiger partial charge in [-0.3, -0.25) is 14.6 Å². The Hall–Kier alpha value is -2.47. The summed E-state index contributed by atoms with van der Waals surface area (Å²) in [6, 6.07) is 6.08. The van der Waals surface area contributed by atoms with Gasteiger partial charge in [0.2, 0.25) is 5.91 Å². The third-order valence-electron chi connectivity index (χ3n) is 5.44. The fourth-order valence-electron chi connectivity index (χ4n) is 3.80. The molecule has 3 aromatic rings. The van der Waals surface area contributed by atoms with Crippen LogP contribution in [0.2, 0.25) is 0 Å². The predicted octanol–water partition coefficient (Wildman–Crippen LogP) is 7.32. The molecule has 0 saturated heterocycles. The lowest BCUT2D eigenvalue weighted by molar-refractivity contribution is -0.129. The molecule has 35 heavy (non-hydrogen) atoms. The molecular weight excluding hydrogens is 454 g/mol. The highest BCUT2D eigenvalue weighted by Crippen LogP contribution is 2.33. The van der Waals surface area contributed by atoms with Crippen LogP contribution in [-0.4, -0.2) is 33.4 Å². The van der Waals surface area contributed by atoms with E-state index in [1.54, 1.807) is 35.2 Å². The summed E-state index contributed by atoms with van der Waals surface area (Å²) in [5.74, 6) is 0.769. The summed E-state index contributed by atoms with van der Waals surface area (Å²) < 4.78 is 2.78. The number of thiophene rings is 1. The molecule has 0 N–H and O–H groups in total. The Morgan fingerprint density at radius 3 is 2.31 bits per heavy atom. The van der Waals surface area contributed by atoms with Gasteiger partial charge in [-0.25, -0.2) is 0 Å². The lowest BCUT2D eigenvalue weighted by Gasteiger charge is -2.22. The van der Waals surface area contributed by atoms with Crippen molar-refractivity contribution in [2.24, 2.45) is 13.0 Å². The minimum absolute atomic E-state index is 0.0887. The van der Waals surface area contributed by atoms with E-state index >= 15 is 0 Å². The first-order chi connectivity index (χ1) is 16.8. The van der Waals surface area contributed by atoms with Crippen molar-refractivity contribution in [1.82, 2.24) is 14.5 Å². The molecule has 5 nitrogen and oxygen atoms in total. The van der Waals surface area contributed by atoms with Crippen LogP contribution in [-0.2, 0) is 18.3 Å². The van der Waals surface area contributed by atoms with E-state index in [1.807, 2.05) is 44.1 Å². The number of hydrogen-bond donors (Lipinski definition) is 0. The van der Waals surface area contributed by atoms with Crippen LogP contribution < -0.4 is 5.56 Å². The molecule has 0 aliphatic carbocycles. The number of amides is 1. The zero-order valence-corrected chi connectivity index (χ0v) is 23.9. The number of carbonyl (C=O) groups excluding carboxylic acids is 1. The van der Waals surface area contributed by atoms with Crippen LogP contribution in [0.25, 0.3) is 21.2 Å². The summed E-state index contributed by atoms with van der Waals surface area (Å²) in [6.07, 6.45) is 11.3. The lowest BCUT2D eigenvalue weighted by Crippen LogP contribution is -2.32. The van der Waals surface area contributed by atoms with Gasteiger partial charge in [-0.2, -0.15) is 0 Å². The molecule has 0 bridgehead atoms. The van der Waals surface area contributed by atoms with Crippen molar-refractivity contribution in [3.63, 3.8) is 0 Å². The first-order valence-electron chi connectivity index (χ1n) is 13.1. The second-order valence-electron chi connectivity index (χ2n) is 8.97. The van der Waals surface area contributed by atoms with Crippen LogP contribution >= 0.6 is 11.3 Å². The normalized spacial score (nSPS) is 10.4. The average Bonchev–Trinajstić information content (AvgIpc) is 3.28. The molecule has 0 aliphatic rings. The van der Waals surface area contributed by atoms with E-state index in [9.17, 15) is 9.59 Å². The van der Waals surface area contributed by atoms with E-state index in [4.69, 9.17) is 0 Å². The summed E-state index contributed by atoms with van der Waals surface area (Å²) in [5.41, 5.74) is 2.31. The minimum atomic E-state index is 0.0887. The summed E-state index contributed by atoms with van der Waals surface area (Å²) in [5, 5.41) is 0.841. The molecule has 0 unspecified atom stereocenters. The molecule has 0 aliphatic heterocycles. The first kappa shape index (κ1) is 30.6. The highest BCUT2D eigenvalue weighted by Gasteiger charge is 2.13. The van der Waals surface area contributed by atoms with Crippen LogP contribution in [0.3, 0.4) is 0 Å². The highest BCUT2D eigenvalue weighted by molar-refractivity contribution is 7.19. The second kappa shape index (κ2) is 16.2. The van der Waals surface area contributed by atoms with Crippen molar-refractivity contribution < 1.29 is 4.79 Å². The van der Waals surface area contributed by atoms with Crippen LogP contribution in [0.4, 0.5) is 0 Å². The Kier molecular flexibility index (Phi) is 14.2. The topological polar surface area (TPSA) is 55.2 Å². The largest absolute Gasteiger partial charge is 0.343 e. The van der Waals surface area contributed by atoms with Gasteiger partial charge in [-0.15, -0.1) is 11.3 Å². The molecule has 0 radical (unpaired) electrons. The van der Waals surface area contributed by atoms with Crippen molar-refractivity contribution in [2.75, 3.05) is 13.1 Å². The molecule has 0 atom stereocenters. The van der Waals surface area contributed by atoms with Crippen molar-refractivity contribution >= 4 is 27.3 Å². The smallest absolute Gasteiger partial charge is 0.259 e. The third kappa shape index (κ3) is 9.60. The predicted molar refractivity (Wildman–Crippen MR) is 152 cm³/mol. The van der Waals surface area contributed by atoms with Crippen LogP contribution in [0.15, 0.2) is 41.6 Å². The van der Waals surface area contributed by atoms with E-state index in [-0.39, 0.29) is 11.5 Å². The SMILES string of the molecule is CC.CCCCCc1cc2c(=O)n(C)cc(-c3ccncc3)c2s1.CCCN(CC(C)C)C(C)=O. The first-order valence-corrected chi connectivity index (χ1v) is 13.9. The van der Waals surface area contributed by atoms with Crippen molar-refractivity contribution in [2.45, 2.75) is 80.6 Å². The summed E-state index contributed by atoms with van der Waals surface area (Å²) in [7, 11) is 1.82. The quantitative estimate of drug-likeness (QED) is 0.290. The Morgan fingerprint density at radius 1 is 1.11 bits per heavy atom. The molecule has 6 heteroatoms. The zero-order chi connectivity index (χ0) is 26.4. The van der Waals surface area contributed by atoms with E-state index in [0.717, 1.165) is 47.1 Å². The summed E-state index contributed by atoms with van der Waals surface area (Å²) in [6.45, 7) is 16.0. The molecule has 3 heterocycles. The van der Waals surface area contributed by atoms with Crippen molar-refractivity contribution in [3.05, 3.63) is 52.0 Å². The third-order valence-corrected chi connectivity index (χ3v) is 6.67. The monoisotopic (exact) mass is 499 g/mol. The zero-order valence-electron chi connectivity index (χ0n) is 23.1. The Morgan fingerprint density at radius 2 is 1.77 bits per heavy atom. The molecule has 194 valence electrons. The van der Waals surface area contributed by atoms with Gasteiger partial charge in [0.05, 0.1) is 5.39 Å². The van der Waals surface area contributed by atoms with Crippen LogP contribution in [0.5, 0.6) is 0 Å². The molecule has 0 aromatic carbocycles. The number of fused-ring (bicyclic) bond motifs is 1. The number of pyridine rings is 2. The number of unbranched alkanes of at least 4 members (excludes halogenated alkanes) is 2. The lowest BCUT2D eigenvalue weighted by atomic mass is 10.1. The number of hydrogen-bond acceptors (Lipinski definition) is 4. The molecule has 0 spiro atoms. The fourth-order valence-corrected chi connectivity index (χ4v) is 5.02. The molecule has 0 saturated carbocycles. The average molecular weight is 500 g/mol. The number of aryl methyl sites for hydroxylation is 2. The standard InChI is InChI=1S/C18H20N2OS.C9H19NO.C2H6/c1-3-4-5-6-14-11-15-17(22-14)16(12-20(2)18(15)21)13-7-9-19-10-8-13;1-5-6-10(9(4)11)7-8(2)3;1-2/h7-12H,3-6H2,1-2H3;8H,5-7H2,1-4H3;1-2H3. The van der Waals surface area contributed by atoms with Crippen molar-refractivity contribution in [1.29, 1.82) is 0 Å². The fraction of sp³-hybridized carbons (Fsp3) is 0.552. The second-order valence-corrected chi connectivity index (χ2v) is 10.1. The molecule has 1 amide bonds. The maximum absolute atomic E-state index is 12.4. The van der Waals surface area contributed by atoms with E-state index in [0.29, 0.717) is 5.92 Å². The van der Waals surface area contributed by atoms with Gasteiger partial charge in [0, 0.05) is 60.8 Å². The van der Waals surface area contributed by atoms with Gasteiger partial charge in [-0.1, -0.05) is 54.4 Å². The summed E-state index contributed by atoms with van der Waals surface area (Å²) in [4.78, 5) is 30.7. The van der Waals surface area contributed by atoms with Gasteiger partial charge < -0.3 is 9.47 Å². The van der Waals surface area contributed by atoms with E-state index < -0.39 is 0 Å². The van der Waals surface area contributed by atoms with Crippen molar-refractivity contribution in [3.8, 4) is 11.1 Å². The Balaban J connectivity index is 0.000000401. The van der Waals surface area contributed by atoms with E-state index in [1.165, 1.54) is 24.1 Å². The molecular formula is C29H45N3O2S. The van der Waals surface area contributed by atoms with Gasteiger partial charge in [0.25, 0.3) is 5.56 Å². The maximum Gasteiger partial charge on any atom is 0.259 e.